The Kier molecular flexibility index (Phi) is 10.6. The highest BCUT2D eigenvalue weighted by Gasteiger charge is 2.35. The molecule has 0 fully saturated rings. The summed E-state index contributed by atoms with van der Waals surface area (Å²) in [6, 6.07) is 21.0. The lowest BCUT2D eigenvalue weighted by Gasteiger charge is -2.35. The van der Waals surface area contributed by atoms with Crippen LogP contribution < -0.4 is 9.62 Å². The lowest BCUT2D eigenvalue weighted by Crippen LogP contribution is -2.56. The van der Waals surface area contributed by atoms with Crippen molar-refractivity contribution in [2.45, 2.75) is 57.0 Å². The summed E-state index contributed by atoms with van der Waals surface area (Å²) in [5, 5.41) is 3.36. The second kappa shape index (κ2) is 13.5. The van der Waals surface area contributed by atoms with Gasteiger partial charge in [-0.15, -0.1) is 0 Å². The number of sulfonamides is 1. The quantitative estimate of drug-likeness (QED) is 0.293. The summed E-state index contributed by atoms with van der Waals surface area (Å²) in [5.41, 5.74) is 0.581. The average molecular weight is 605 g/mol. The van der Waals surface area contributed by atoms with Crippen molar-refractivity contribution >= 4 is 50.7 Å². The van der Waals surface area contributed by atoms with E-state index in [2.05, 4.69) is 5.32 Å². The predicted molar refractivity (Wildman–Crippen MR) is 161 cm³/mol. The summed E-state index contributed by atoms with van der Waals surface area (Å²) in [6.07, 6.45) is 0.828. The molecule has 0 bridgehead atoms. The Bertz CT molecular complexity index is 1410. The number of rotatable bonds is 11. The summed E-state index contributed by atoms with van der Waals surface area (Å²) in [7, 11) is -4.21. The SMILES string of the molecule is CC[C@H](C(=O)NC(C)(C)C)N(CCc1ccccc1)C(=O)CN(c1ccc(Cl)cc1Cl)S(=O)(=O)c1ccccc1. The second-order valence-electron chi connectivity index (χ2n) is 10.4. The molecule has 0 aliphatic heterocycles. The first-order chi connectivity index (χ1) is 18.8. The molecule has 0 radical (unpaired) electrons. The summed E-state index contributed by atoms with van der Waals surface area (Å²) in [5.74, 6) is -0.837. The fraction of sp³-hybridized carbons (Fsp3) is 0.333. The number of benzene rings is 3. The molecule has 0 unspecified atom stereocenters. The van der Waals surface area contributed by atoms with E-state index >= 15 is 0 Å². The van der Waals surface area contributed by atoms with Gasteiger partial charge in [0, 0.05) is 17.1 Å². The molecule has 1 atom stereocenters. The molecule has 1 N–H and O–H groups in total. The van der Waals surface area contributed by atoms with E-state index in [0.717, 1.165) is 9.87 Å². The molecular formula is C30H35Cl2N3O4S. The molecule has 3 rings (SSSR count). The maximum absolute atomic E-state index is 14.0. The Morgan fingerprint density at radius 3 is 2.08 bits per heavy atom. The number of anilines is 1. The standard InChI is InChI=1S/C30H35Cl2N3O4S/c1-5-26(29(37)33-30(2,3)4)34(19-18-22-12-8-6-9-13-22)28(36)21-35(27-17-16-23(31)20-25(27)32)40(38,39)24-14-10-7-11-15-24/h6-17,20,26H,5,18-19,21H2,1-4H3,(H,33,37)/t26-/m1/s1. The summed E-state index contributed by atoms with van der Waals surface area (Å²) in [6.45, 7) is 7.07. The summed E-state index contributed by atoms with van der Waals surface area (Å²) in [4.78, 5) is 28.9. The van der Waals surface area contributed by atoms with Crippen molar-refractivity contribution in [2.24, 2.45) is 0 Å². The molecular weight excluding hydrogens is 569 g/mol. The van der Waals surface area contributed by atoms with Crippen LogP contribution in [0.25, 0.3) is 0 Å². The third-order valence-corrected chi connectivity index (χ3v) is 8.47. The second-order valence-corrected chi connectivity index (χ2v) is 13.1. The van der Waals surface area contributed by atoms with Crippen LogP contribution in [0.15, 0.2) is 83.8 Å². The average Bonchev–Trinajstić information content (AvgIpc) is 2.90. The highest BCUT2D eigenvalue weighted by Crippen LogP contribution is 2.33. The number of carbonyl (C=O) groups is 2. The van der Waals surface area contributed by atoms with Crippen LogP contribution in [0.5, 0.6) is 0 Å². The Hall–Kier alpha value is -3.07. The molecule has 0 heterocycles. The first-order valence-corrected chi connectivity index (χ1v) is 15.2. The van der Waals surface area contributed by atoms with Crippen LogP contribution in [-0.4, -0.2) is 49.8 Å². The van der Waals surface area contributed by atoms with E-state index in [1.807, 2.05) is 58.0 Å². The van der Waals surface area contributed by atoms with Crippen LogP contribution in [0, 0.1) is 0 Å². The van der Waals surface area contributed by atoms with Crippen molar-refractivity contribution < 1.29 is 18.0 Å². The van der Waals surface area contributed by atoms with Crippen LogP contribution in [0.4, 0.5) is 5.69 Å². The van der Waals surface area contributed by atoms with Crippen LogP contribution in [0.1, 0.15) is 39.7 Å². The Morgan fingerprint density at radius 2 is 1.52 bits per heavy atom. The number of hydrogen-bond donors (Lipinski definition) is 1. The van der Waals surface area contributed by atoms with Crippen molar-refractivity contribution in [1.82, 2.24) is 10.2 Å². The Morgan fingerprint density at radius 1 is 0.925 bits per heavy atom. The minimum Gasteiger partial charge on any atom is -0.350 e. The molecule has 2 amide bonds. The van der Waals surface area contributed by atoms with Gasteiger partial charge in [-0.1, -0.05) is 78.7 Å². The van der Waals surface area contributed by atoms with Gasteiger partial charge in [-0.25, -0.2) is 8.42 Å². The van der Waals surface area contributed by atoms with E-state index in [0.29, 0.717) is 17.9 Å². The van der Waals surface area contributed by atoms with E-state index in [-0.39, 0.29) is 28.1 Å². The van der Waals surface area contributed by atoms with Crippen LogP contribution in [-0.2, 0) is 26.0 Å². The zero-order valence-electron chi connectivity index (χ0n) is 23.1. The van der Waals surface area contributed by atoms with Crippen LogP contribution in [0.2, 0.25) is 10.0 Å². The Labute approximate surface area is 247 Å². The summed E-state index contributed by atoms with van der Waals surface area (Å²) >= 11 is 12.5. The third-order valence-electron chi connectivity index (χ3n) is 6.16. The monoisotopic (exact) mass is 603 g/mol. The van der Waals surface area contributed by atoms with E-state index in [9.17, 15) is 18.0 Å². The van der Waals surface area contributed by atoms with Crippen molar-refractivity contribution in [3.05, 3.63) is 94.5 Å². The minimum absolute atomic E-state index is 0.00201. The molecule has 0 spiro atoms. The number of nitrogens with one attached hydrogen (secondary N) is 1. The lowest BCUT2D eigenvalue weighted by molar-refractivity contribution is -0.140. The number of amides is 2. The van der Waals surface area contributed by atoms with Gasteiger partial charge in [-0.3, -0.25) is 13.9 Å². The predicted octanol–water partition coefficient (Wildman–Crippen LogP) is 5.95. The van der Waals surface area contributed by atoms with Gasteiger partial charge in [0.05, 0.1) is 15.6 Å². The smallest absolute Gasteiger partial charge is 0.264 e. The highest BCUT2D eigenvalue weighted by molar-refractivity contribution is 7.92. The fourth-order valence-corrected chi connectivity index (χ4v) is 6.28. The number of nitrogens with zero attached hydrogens (tertiary/aromatic N) is 2. The van der Waals surface area contributed by atoms with Gasteiger partial charge in [0.2, 0.25) is 11.8 Å². The van der Waals surface area contributed by atoms with Gasteiger partial charge in [-0.2, -0.15) is 0 Å². The topological polar surface area (TPSA) is 86.8 Å². The fourth-order valence-electron chi connectivity index (χ4n) is 4.27. The van der Waals surface area contributed by atoms with Gasteiger partial charge in [0.15, 0.2) is 0 Å². The highest BCUT2D eigenvalue weighted by atomic mass is 35.5. The number of halogens is 2. The third kappa shape index (κ3) is 8.22. The first-order valence-electron chi connectivity index (χ1n) is 13.0. The normalized spacial score (nSPS) is 12.4. The maximum Gasteiger partial charge on any atom is 0.264 e. The lowest BCUT2D eigenvalue weighted by atomic mass is 10.1. The molecule has 40 heavy (non-hydrogen) atoms. The van der Waals surface area contributed by atoms with Crippen molar-refractivity contribution in [3.8, 4) is 0 Å². The molecule has 7 nitrogen and oxygen atoms in total. The first kappa shape index (κ1) is 31.5. The Balaban J connectivity index is 2.04. The zero-order valence-corrected chi connectivity index (χ0v) is 25.4. The molecule has 214 valence electrons. The van der Waals surface area contributed by atoms with E-state index in [4.69, 9.17) is 23.2 Å². The van der Waals surface area contributed by atoms with Gasteiger partial charge >= 0.3 is 0 Å². The maximum atomic E-state index is 14.0. The van der Waals surface area contributed by atoms with E-state index in [1.165, 1.54) is 35.2 Å². The van der Waals surface area contributed by atoms with Crippen LogP contribution >= 0.6 is 23.2 Å². The largest absolute Gasteiger partial charge is 0.350 e. The molecule has 3 aromatic rings. The van der Waals surface area contributed by atoms with Crippen molar-refractivity contribution in [3.63, 3.8) is 0 Å². The molecule has 3 aromatic carbocycles. The zero-order chi connectivity index (χ0) is 29.5. The van der Waals surface area contributed by atoms with Gasteiger partial charge in [0.25, 0.3) is 10.0 Å². The molecule has 0 aromatic heterocycles. The van der Waals surface area contributed by atoms with Gasteiger partial charge in [0.1, 0.15) is 12.6 Å². The van der Waals surface area contributed by atoms with E-state index in [1.54, 1.807) is 18.2 Å². The van der Waals surface area contributed by atoms with Gasteiger partial charge < -0.3 is 10.2 Å². The molecule has 0 saturated heterocycles. The molecule has 0 saturated carbocycles. The minimum atomic E-state index is -4.21. The number of hydrogen-bond acceptors (Lipinski definition) is 4. The summed E-state index contributed by atoms with van der Waals surface area (Å²) < 4.78 is 28.7. The number of carbonyl (C=O) groups excluding carboxylic acids is 2. The van der Waals surface area contributed by atoms with Crippen molar-refractivity contribution in [2.75, 3.05) is 17.4 Å². The molecule has 0 aliphatic carbocycles. The molecule has 10 heteroatoms. The van der Waals surface area contributed by atoms with Crippen LogP contribution in [0.3, 0.4) is 0 Å². The van der Waals surface area contributed by atoms with E-state index < -0.39 is 34.1 Å². The molecule has 0 aliphatic rings. The van der Waals surface area contributed by atoms with Gasteiger partial charge in [-0.05, 0) is 69.5 Å². The van der Waals surface area contributed by atoms with Crippen molar-refractivity contribution in [1.29, 1.82) is 0 Å².